The van der Waals surface area contributed by atoms with E-state index < -0.39 is 0 Å². The van der Waals surface area contributed by atoms with Crippen molar-refractivity contribution in [2.45, 2.75) is 19.8 Å². The van der Waals surface area contributed by atoms with Crippen molar-refractivity contribution in [3.05, 3.63) is 57.6 Å². The van der Waals surface area contributed by atoms with E-state index in [1.807, 2.05) is 12.3 Å². The van der Waals surface area contributed by atoms with Gasteiger partial charge in [-0.2, -0.15) is 0 Å². The predicted octanol–water partition coefficient (Wildman–Crippen LogP) is 5.65. The van der Waals surface area contributed by atoms with Crippen molar-refractivity contribution in [2.24, 2.45) is 4.99 Å². The van der Waals surface area contributed by atoms with Crippen molar-refractivity contribution in [3.8, 4) is 0 Å². The van der Waals surface area contributed by atoms with Gasteiger partial charge in [0, 0.05) is 25.0 Å². The highest BCUT2D eigenvalue weighted by atomic mass is 35.5. The summed E-state index contributed by atoms with van der Waals surface area (Å²) < 4.78 is 0. The maximum atomic E-state index is 6.00. The lowest BCUT2D eigenvalue weighted by molar-refractivity contribution is 0.949. The molecule has 114 valence electrons. The minimum Gasteiger partial charge on any atom is -0.371 e. The molecule has 0 atom stereocenters. The Labute approximate surface area is 141 Å². The number of rotatable bonds is 3. The summed E-state index contributed by atoms with van der Waals surface area (Å²) in [7, 11) is 0. The van der Waals surface area contributed by atoms with Crippen LogP contribution in [0, 0.1) is 6.92 Å². The Morgan fingerprint density at radius 2 is 1.77 bits per heavy atom. The first kappa shape index (κ1) is 15.4. The number of hydrogen-bond donors (Lipinski definition) is 0. The van der Waals surface area contributed by atoms with Gasteiger partial charge in [0.2, 0.25) is 0 Å². The van der Waals surface area contributed by atoms with Crippen LogP contribution in [0.25, 0.3) is 0 Å². The second-order valence-corrected chi connectivity index (χ2v) is 6.41. The van der Waals surface area contributed by atoms with Crippen LogP contribution in [0.1, 0.15) is 24.0 Å². The van der Waals surface area contributed by atoms with Crippen LogP contribution in [0.4, 0.5) is 11.4 Å². The van der Waals surface area contributed by atoms with E-state index in [2.05, 4.69) is 35.0 Å². The monoisotopic (exact) mass is 332 g/mol. The van der Waals surface area contributed by atoms with Crippen LogP contribution in [0.2, 0.25) is 10.0 Å². The first-order chi connectivity index (χ1) is 10.6. The summed E-state index contributed by atoms with van der Waals surface area (Å²) in [5.74, 6) is 0. The summed E-state index contributed by atoms with van der Waals surface area (Å²) in [5.41, 5.74) is 4.52. The highest BCUT2D eigenvalue weighted by Crippen LogP contribution is 2.27. The Morgan fingerprint density at radius 1 is 1.00 bits per heavy atom. The normalized spacial score (nSPS) is 15.0. The van der Waals surface area contributed by atoms with E-state index in [0.717, 1.165) is 24.3 Å². The molecule has 2 aromatic rings. The van der Waals surface area contributed by atoms with Gasteiger partial charge in [-0.05, 0) is 61.2 Å². The van der Waals surface area contributed by atoms with Crippen LogP contribution in [-0.4, -0.2) is 19.3 Å². The van der Waals surface area contributed by atoms with Crippen LogP contribution in [0.15, 0.2) is 41.4 Å². The molecule has 0 unspecified atom stereocenters. The van der Waals surface area contributed by atoms with E-state index in [4.69, 9.17) is 23.2 Å². The van der Waals surface area contributed by atoms with Gasteiger partial charge in [-0.1, -0.05) is 29.3 Å². The van der Waals surface area contributed by atoms with Gasteiger partial charge in [-0.3, -0.25) is 4.99 Å². The topological polar surface area (TPSA) is 15.6 Å². The Balaban J connectivity index is 1.78. The van der Waals surface area contributed by atoms with Crippen LogP contribution in [0.3, 0.4) is 0 Å². The van der Waals surface area contributed by atoms with Crippen molar-refractivity contribution in [2.75, 3.05) is 18.0 Å². The number of nitrogens with zero attached hydrogens (tertiary/aromatic N) is 2. The number of benzene rings is 2. The summed E-state index contributed by atoms with van der Waals surface area (Å²) >= 11 is 11.9. The third-order valence-electron chi connectivity index (χ3n) is 3.93. The molecule has 2 nitrogen and oxygen atoms in total. The lowest BCUT2D eigenvalue weighted by Crippen LogP contribution is -2.18. The molecule has 1 saturated heterocycles. The molecule has 0 bridgehead atoms. The van der Waals surface area contributed by atoms with Crippen molar-refractivity contribution in [1.29, 1.82) is 0 Å². The molecule has 0 aliphatic carbocycles. The van der Waals surface area contributed by atoms with Crippen LogP contribution in [0.5, 0.6) is 0 Å². The van der Waals surface area contributed by atoms with Crippen LogP contribution in [-0.2, 0) is 0 Å². The zero-order valence-electron chi connectivity index (χ0n) is 12.5. The SMILES string of the molecule is Cc1cc(C=Nc2ccc(Cl)c(Cl)c2)ccc1N1CCCC1. The molecule has 3 rings (SSSR count). The molecule has 1 aliphatic heterocycles. The zero-order valence-corrected chi connectivity index (χ0v) is 14.0. The van der Waals surface area contributed by atoms with Crippen molar-refractivity contribution >= 4 is 40.8 Å². The van der Waals surface area contributed by atoms with Gasteiger partial charge < -0.3 is 4.90 Å². The Morgan fingerprint density at radius 3 is 2.45 bits per heavy atom. The molecular weight excluding hydrogens is 315 g/mol. The third-order valence-corrected chi connectivity index (χ3v) is 4.67. The smallest absolute Gasteiger partial charge is 0.0645 e. The lowest BCUT2D eigenvalue weighted by Gasteiger charge is -2.20. The Bertz CT molecular complexity index is 704. The fourth-order valence-corrected chi connectivity index (χ4v) is 3.08. The highest BCUT2D eigenvalue weighted by molar-refractivity contribution is 6.42. The molecule has 0 spiro atoms. The maximum Gasteiger partial charge on any atom is 0.0645 e. The predicted molar refractivity (Wildman–Crippen MR) is 96.3 cm³/mol. The zero-order chi connectivity index (χ0) is 15.5. The summed E-state index contributed by atoms with van der Waals surface area (Å²) in [6, 6.07) is 11.9. The van der Waals surface area contributed by atoms with Gasteiger partial charge in [0.25, 0.3) is 0 Å². The quantitative estimate of drug-likeness (QED) is 0.663. The number of halogens is 2. The van der Waals surface area contributed by atoms with E-state index in [-0.39, 0.29) is 0 Å². The minimum absolute atomic E-state index is 0.525. The van der Waals surface area contributed by atoms with Crippen molar-refractivity contribution in [1.82, 2.24) is 0 Å². The molecule has 0 aromatic heterocycles. The average molecular weight is 333 g/mol. The minimum atomic E-state index is 0.525. The molecule has 4 heteroatoms. The summed E-state index contributed by atoms with van der Waals surface area (Å²) in [5, 5.41) is 1.07. The standard InChI is InChI=1S/C18H18Cl2N2/c1-13-10-14(4-7-18(13)22-8-2-3-9-22)12-21-15-5-6-16(19)17(20)11-15/h4-7,10-12H,2-3,8-9H2,1H3. The molecule has 0 N–H and O–H groups in total. The average Bonchev–Trinajstić information content (AvgIpc) is 3.02. The van der Waals surface area contributed by atoms with E-state index in [1.165, 1.54) is 24.1 Å². The first-order valence-corrected chi connectivity index (χ1v) is 8.24. The number of anilines is 1. The van der Waals surface area contributed by atoms with E-state index in [0.29, 0.717) is 10.0 Å². The van der Waals surface area contributed by atoms with E-state index in [9.17, 15) is 0 Å². The van der Waals surface area contributed by atoms with Crippen molar-refractivity contribution in [3.63, 3.8) is 0 Å². The maximum absolute atomic E-state index is 6.00. The molecule has 2 aromatic carbocycles. The molecule has 0 radical (unpaired) electrons. The van der Waals surface area contributed by atoms with E-state index >= 15 is 0 Å². The van der Waals surface area contributed by atoms with Gasteiger partial charge in [0.15, 0.2) is 0 Å². The fourth-order valence-electron chi connectivity index (χ4n) is 2.79. The number of aryl methyl sites for hydroxylation is 1. The summed E-state index contributed by atoms with van der Waals surface area (Å²) in [6.45, 7) is 4.49. The van der Waals surface area contributed by atoms with Crippen molar-refractivity contribution < 1.29 is 0 Å². The molecule has 1 fully saturated rings. The molecule has 0 saturated carbocycles. The first-order valence-electron chi connectivity index (χ1n) is 7.48. The summed E-state index contributed by atoms with van der Waals surface area (Å²) in [4.78, 5) is 6.92. The Hall–Kier alpha value is -1.51. The lowest BCUT2D eigenvalue weighted by atomic mass is 10.1. The Kier molecular flexibility index (Phi) is 4.70. The molecular formula is C18H18Cl2N2. The second kappa shape index (κ2) is 6.72. The fraction of sp³-hybridized carbons (Fsp3) is 0.278. The van der Waals surface area contributed by atoms with Gasteiger partial charge in [-0.25, -0.2) is 0 Å². The molecule has 22 heavy (non-hydrogen) atoms. The van der Waals surface area contributed by atoms with Gasteiger partial charge in [0.1, 0.15) is 0 Å². The highest BCUT2D eigenvalue weighted by Gasteiger charge is 2.13. The van der Waals surface area contributed by atoms with Crippen LogP contribution >= 0.6 is 23.2 Å². The van der Waals surface area contributed by atoms with E-state index in [1.54, 1.807) is 12.1 Å². The van der Waals surface area contributed by atoms with Gasteiger partial charge in [0.05, 0.1) is 15.7 Å². The summed E-state index contributed by atoms with van der Waals surface area (Å²) in [6.07, 6.45) is 4.44. The molecule has 1 aliphatic rings. The number of hydrogen-bond acceptors (Lipinski definition) is 2. The van der Waals surface area contributed by atoms with Crippen LogP contribution < -0.4 is 4.90 Å². The number of aliphatic imine (C=N–C) groups is 1. The van der Waals surface area contributed by atoms with Gasteiger partial charge in [-0.15, -0.1) is 0 Å². The third kappa shape index (κ3) is 3.45. The largest absolute Gasteiger partial charge is 0.371 e. The van der Waals surface area contributed by atoms with Gasteiger partial charge >= 0.3 is 0 Å². The molecule has 1 heterocycles. The second-order valence-electron chi connectivity index (χ2n) is 5.60. The molecule has 0 amide bonds.